The minimum absolute atomic E-state index is 0.112. The Morgan fingerprint density at radius 1 is 0.853 bits per heavy atom. The van der Waals surface area contributed by atoms with Crippen molar-refractivity contribution in [2.45, 2.75) is 13.0 Å². The lowest BCUT2D eigenvalue weighted by atomic mass is 10.0. The Hall–Kier alpha value is -4.26. The zero-order valence-electron chi connectivity index (χ0n) is 19.2. The van der Waals surface area contributed by atoms with Gasteiger partial charge in [0.25, 0.3) is 5.91 Å². The summed E-state index contributed by atoms with van der Waals surface area (Å²) in [6.07, 6.45) is 2.37. The van der Waals surface area contributed by atoms with Crippen molar-refractivity contribution < 1.29 is 19.0 Å². The molecular formula is C27H27N3O4. The molecule has 0 bridgehead atoms. The Morgan fingerprint density at radius 3 is 2.38 bits per heavy atom. The van der Waals surface area contributed by atoms with Gasteiger partial charge in [0, 0.05) is 18.1 Å². The minimum atomic E-state index is -0.270. The standard InChI is InChI=1S/C27H27N3O4/c1-32-24-14-8-12-22(27(24)33-2)18-30-25(15-16-28-30)29-26(31)19-34-23-13-7-6-11-21(23)17-20-9-4-3-5-10-20/h3-16H,17-19H2,1-2H3,(H,29,31). The van der Waals surface area contributed by atoms with Crippen LogP contribution >= 0.6 is 0 Å². The third-order valence-corrected chi connectivity index (χ3v) is 5.36. The first-order valence-corrected chi connectivity index (χ1v) is 10.9. The van der Waals surface area contributed by atoms with Gasteiger partial charge in [-0.3, -0.25) is 4.79 Å². The van der Waals surface area contributed by atoms with Crippen LogP contribution in [0.1, 0.15) is 16.7 Å². The Balaban J connectivity index is 1.40. The topological polar surface area (TPSA) is 74.6 Å². The second kappa shape index (κ2) is 11.0. The average Bonchev–Trinajstić information content (AvgIpc) is 3.30. The summed E-state index contributed by atoms with van der Waals surface area (Å²) in [4.78, 5) is 12.7. The molecule has 0 radical (unpaired) electrons. The van der Waals surface area contributed by atoms with Crippen LogP contribution in [0.5, 0.6) is 17.2 Å². The van der Waals surface area contributed by atoms with Gasteiger partial charge in [0.05, 0.1) is 27.0 Å². The molecule has 1 heterocycles. The first kappa shape index (κ1) is 22.9. The lowest BCUT2D eigenvalue weighted by molar-refractivity contribution is -0.118. The van der Waals surface area contributed by atoms with Gasteiger partial charge >= 0.3 is 0 Å². The van der Waals surface area contributed by atoms with Gasteiger partial charge in [0.1, 0.15) is 11.6 Å². The third-order valence-electron chi connectivity index (χ3n) is 5.36. The van der Waals surface area contributed by atoms with E-state index in [4.69, 9.17) is 14.2 Å². The van der Waals surface area contributed by atoms with Crippen LogP contribution in [-0.2, 0) is 17.8 Å². The summed E-state index contributed by atoms with van der Waals surface area (Å²) < 4.78 is 18.4. The van der Waals surface area contributed by atoms with E-state index < -0.39 is 0 Å². The normalized spacial score (nSPS) is 10.5. The van der Waals surface area contributed by atoms with E-state index in [-0.39, 0.29) is 12.5 Å². The Kier molecular flexibility index (Phi) is 7.45. The van der Waals surface area contributed by atoms with Crippen molar-refractivity contribution in [1.29, 1.82) is 0 Å². The highest BCUT2D eigenvalue weighted by atomic mass is 16.5. The highest BCUT2D eigenvalue weighted by Crippen LogP contribution is 2.31. The number of nitrogens with zero attached hydrogens (tertiary/aromatic N) is 2. The number of benzene rings is 3. The molecule has 0 aliphatic heterocycles. The van der Waals surface area contributed by atoms with Gasteiger partial charge < -0.3 is 19.5 Å². The molecule has 4 rings (SSSR count). The maximum atomic E-state index is 12.7. The molecule has 0 unspecified atom stereocenters. The van der Waals surface area contributed by atoms with E-state index in [0.717, 1.165) is 17.5 Å². The van der Waals surface area contributed by atoms with Gasteiger partial charge in [-0.1, -0.05) is 60.7 Å². The minimum Gasteiger partial charge on any atom is -0.493 e. The number of carbonyl (C=O) groups excluding carboxylic acids is 1. The number of para-hydroxylation sites is 2. The van der Waals surface area contributed by atoms with E-state index in [2.05, 4.69) is 22.5 Å². The number of amides is 1. The molecule has 0 atom stereocenters. The molecule has 1 N–H and O–H groups in total. The van der Waals surface area contributed by atoms with Gasteiger partial charge in [0.2, 0.25) is 0 Å². The van der Waals surface area contributed by atoms with E-state index >= 15 is 0 Å². The van der Waals surface area contributed by atoms with Crippen LogP contribution in [0.4, 0.5) is 5.82 Å². The average molecular weight is 458 g/mol. The molecule has 4 aromatic rings. The van der Waals surface area contributed by atoms with Gasteiger partial charge in [-0.05, 0) is 23.3 Å². The summed E-state index contributed by atoms with van der Waals surface area (Å²) in [7, 11) is 3.19. The van der Waals surface area contributed by atoms with E-state index in [1.165, 1.54) is 5.56 Å². The van der Waals surface area contributed by atoms with Crippen LogP contribution in [0.25, 0.3) is 0 Å². The van der Waals surface area contributed by atoms with Crippen LogP contribution in [-0.4, -0.2) is 36.5 Å². The van der Waals surface area contributed by atoms with Crippen molar-refractivity contribution in [3.05, 3.63) is 102 Å². The molecule has 7 heteroatoms. The second-order valence-corrected chi connectivity index (χ2v) is 7.63. The van der Waals surface area contributed by atoms with Crippen molar-refractivity contribution in [3.8, 4) is 17.2 Å². The summed E-state index contributed by atoms with van der Waals surface area (Å²) in [5.41, 5.74) is 3.09. The highest BCUT2D eigenvalue weighted by molar-refractivity contribution is 5.91. The quantitative estimate of drug-likeness (QED) is 0.378. The number of nitrogens with one attached hydrogen (secondary N) is 1. The number of hydrogen-bond acceptors (Lipinski definition) is 5. The molecule has 0 fully saturated rings. The fourth-order valence-electron chi connectivity index (χ4n) is 3.73. The molecule has 3 aromatic carbocycles. The van der Waals surface area contributed by atoms with Gasteiger partial charge in [0.15, 0.2) is 18.1 Å². The molecule has 1 amide bonds. The number of carbonyl (C=O) groups is 1. The fraction of sp³-hybridized carbons (Fsp3) is 0.185. The molecule has 0 saturated carbocycles. The number of anilines is 1. The van der Waals surface area contributed by atoms with E-state index in [1.807, 2.05) is 60.7 Å². The summed E-state index contributed by atoms with van der Waals surface area (Å²) in [6, 6.07) is 25.3. The third kappa shape index (κ3) is 5.56. The monoisotopic (exact) mass is 457 g/mol. The molecule has 0 aliphatic rings. The predicted octanol–water partition coefficient (Wildman–Crippen LogP) is 4.56. The SMILES string of the molecule is COc1cccc(Cn2nccc2NC(=O)COc2ccccc2Cc2ccccc2)c1OC. The van der Waals surface area contributed by atoms with E-state index in [1.54, 1.807) is 31.2 Å². The first-order chi connectivity index (χ1) is 16.7. The van der Waals surface area contributed by atoms with Crippen LogP contribution in [0, 0.1) is 0 Å². The number of aromatic nitrogens is 2. The highest BCUT2D eigenvalue weighted by Gasteiger charge is 2.14. The van der Waals surface area contributed by atoms with Gasteiger partial charge in [-0.15, -0.1) is 0 Å². The lowest BCUT2D eigenvalue weighted by Gasteiger charge is -2.15. The summed E-state index contributed by atoms with van der Waals surface area (Å²) in [6.45, 7) is 0.295. The summed E-state index contributed by atoms with van der Waals surface area (Å²) >= 11 is 0. The van der Waals surface area contributed by atoms with Crippen LogP contribution in [0.2, 0.25) is 0 Å². The lowest BCUT2D eigenvalue weighted by Crippen LogP contribution is -2.22. The zero-order valence-corrected chi connectivity index (χ0v) is 19.2. The molecule has 7 nitrogen and oxygen atoms in total. The first-order valence-electron chi connectivity index (χ1n) is 10.9. The molecule has 0 spiro atoms. The number of methoxy groups -OCH3 is 2. The number of rotatable bonds is 10. The van der Waals surface area contributed by atoms with Crippen LogP contribution < -0.4 is 19.5 Å². The predicted molar refractivity (Wildman–Crippen MR) is 131 cm³/mol. The van der Waals surface area contributed by atoms with Crippen molar-refractivity contribution in [3.63, 3.8) is 0 Å². The second-order valence-electron chi connectivity index (χ2n) is 7.63. The van der Waals surface area contributed by atoms with Crippen LogP contribution in [0.15, 0.2) is 85.1 Å². The zero-order chi connectivity index (χ0) is 23.8. The van der Waals surface area contributed by atoms with Crippen molar-refractivity contribution in [2.24, 2.45) is 0 Å². The number of ether oxygens (including phenoxy) is 3. The van der Waals surface area contributed by atoms with Crippen molar-refractivity contribution in [1.82, 2.24) is 9.78 Å². The smallest absolute Gasteiger partial charge is 0.263 e. The van der Waals surface area contributed by atoms with Crippen LogP contribution in [0.3, 0.4) is 0 Å². The summed E-state index contributed by atoms with van der Waals surface area (Å²) in [5, 5.41) is 7.22. The molecular weight excluding hydrogens is 430 g/mol. The van der Waals surface area contributed by atoms with E-state index in [0.29, 0.717) is 29.6 Å². The molecule has 0 saturated heterocycles. The fourth-order valence-corrected chi connectivity index (χ4v) is 3.73. The van der Waals surface area contributed by atoms with Gasteiger partial charge in [-0.2, -0.15) is 5.10 Å². The van der Waals surface area contributed by atoms with Gasteiger partial charge in [-0.25, -0.2) is 4.68 Å². The largest absolute Gasteiger partial charge is 0.493 e. The molecule has 174 valence electrons. The molecule has 1 aromatic heterocycles. The maximum Gasteiger partial charge on any atom is 0.263 e. The van der Waals surface area contributed by atoms with E-state index in [9.17, 15) is 4.79 Å². The Bertz CT molecular complexity index is 1240. The van der Waals surface area contributed by atoms with Crippen molar-refractivity contribution >= 4 is 11.7 Å². The number of hydrogen-bond donors (Lipinski definition) is 1. The Labute approximate surface area is 198 Å². The Morgan fingerprint density at radius 2 is 1.59 bits per heavy atom. The summed E-state index contributed by atoms with van der Waals surface area (Å²) in [5.74, 6) is 2.26. The molecule has 0 aliphatic carbocycles. The van der Waals surface area contributed by atoms with Crippen molar-refractivity contribution in [2.75, 3.05) is 26.1 Å². The maximum absolute atomic E-state index is 12.7. The molecule has 34 heavy (non-hydrogen) atoms.